The van der Waals surface area contributed by atoms with Crippen molar-refractivity contribution in [2.75, 3.05) is 0 Å². The van der Waals surface area contributed by atoms with Crippen LogP contribution < -0.4 is 0 Å². The Balaban J connectivity index is 1.61. The highest BCUT2D eigenvalue weighted by molar-refractivity contribution is 5.92. The number of carboxylic acids is 2. The van der Waals surface area contributed by atoms with Crippen molar-refractivity contribution in [2.45, 2.75) is 64.2 Å². The van der Waals surface area contributed by atoms with Crippen LogP contribution in [0.15, 0.2) is 30.3 Å². The monoisotopic (exact) mass is 392 g/mol. The summed E-state index contributed by atoms with van der Waals surface area (Å²) in [6.45, 7) is 0. The van der Waals surface area contributed by atoms with Crippen LogP contribution in [0.1, 0.15) is 69.4 Å². The van der Waals surface area contributed by atoms with Crippen LogP contribution >= 0.6 is 0 Å². The molecule has 0 saturated carbocycles. The molecule has 2 aromatic rings. The van der Waals surface area contributed by atoms with E-state index in [1.807, 2.05) is 18.2 Å². The molecule has 0 amide bonds. The van der Waals surface area contributed by atoms with E-state index in [-0.39, 0.29) is 6.42 Å². The van der Waals surface area contributed by atoms with Gasteiger partial charge in [0.05, 0.1) is 11.5 Å². The van der Waals surface area contributed by atoms with Crippen molar-refractivity contribution >= 4 is 11.9 Å². The summed E-state index contributed by atoms with van der Waals surface area (Å²) < 4.78 is 0. The standard InChI is InChI=1S/C25H28O4/c26-24(27)21(14-16-9-10-17-5-1-2-7-19(17)13-16)15-20-12-11-18-6-3-4-8-22(18)23(20)25(28)29/h9-13,21H,1-8,14-15H2,(H,26,27)(H,28,29)/t21-/m0/s1. The van der Waals surface area contributed by atoms with Crippen molar-refractivity contribution in [1.29, 1.82) is 0 Å². The normalized spacial score (nSPS) is 16.6. The third-order valence-corrected chi connectivity index (χ3v) is 6.54. The molecule has 0 fully saturated rings. The van der Waals surface area contributed by atoms with Gasteiger partial charge in [0.15, 0.2) is 0 Å². The third kappa shape index (κ3) is 4.21. The van der Waals surface area contributed by atoms with E-state index in [0.29, 0.717) is 17.5 Å². The minimum atomic E-state index is -0.934. The zero-order chi connectivity index (χ0) is 20.4. The average Bonchev–Trinajstić information content (AvgIpc) is 2.72. The Kier molecular flexibility index (Phi) is 5.70. The summed E-state index contributed by atoms with van der Waals surface area (Å²) in [6.07, 6.45) is 9.02. The smallest absolute Gasteiger partial charge is 0.336 e. The highest BCUT2D eigenvalue weighted by Gasteiger charge is 2.26. The van der Waals surface area contributed by atoms with Crippen LogP contribution in [0.5, 0.6) is 0 Å². The fourth-order valence-corrected chi connectivity index (χ4v) is 5.02. The minimum Gasteiger partial charge on any atom is -0.481 e. The van der Waals surface area contributed by atoms with Crippen molar-refractivity contribution in [3.63, 3.8) is 0 Å². The predicted octanol–water partition coefficient (Wildman–Crippen LogP) is 4.63. The summed E-state index contributed by atoms with van der Waals surface area (Å²) in [6, 6.07) is 10.2. The fraction of sp³-hybridized carbons (Fsp3) is 0.440. The molecular formula is C25H28O4. The zero-order valence-corrected chi connectivity index (χ0v) is 16.7. The maximum absolute atomic E-state index is 12.0. The highest BCUT2D eigenvalue weighted by atomic mass is 16.4. The maximum Gasteiger partial charge on any atom is 0.336 e. The number of hydrogen-bond donors (Lipinski definition) is 2. The first-order valence-corrected chi connectivity index (χ1v) is 10.7. The SMILES string of the molecule is O=C(O)c1c(C[C@H](Cc2ccc3c(c2)CCCC3)C(=O)O)ccc2c1CCCC2. The first-order chi connectivity index (χ1) is 14.0. The molecule has 0 saturated heterocycles. The van der Waals surface area contributed by atoms with Gasteiger partial charge in [0, 0.05) is 0 Å². The predicted molar refractivity (Wildman–Crippen MR) is 112 cm³/mol. The van der Waals surface area contributed by atoms with E-state index >= 15 is 0 Å². The van der Waals surface area contributed by atoms with E-state index in [0.717, 1.165) is 55.2 Å². The number of fused-ring (bicyclic) bond motifs is 2. The molecule has 0 unspecified atom stereocenters. The van der Waals surface area contributed by atoms with Gasteiger partial charge in [-0.15, -0.1) is 0 Å². The van der Waals surface area contributed by atoms with Crippen LogP contribution in [0.2, 0.25) is 0 Å². The molecule has 0 aliphatic heterocycles. The number of carbonyl (C=O) groups is 2. The number of aliphatic carboxylic acids is 1. The van der Waals surface area contributed by atoms with Crippen LogP contribution in [-0.4, -0.2) is 22.2 Å². The molecule has 2 aliphatic carbocycles. The lowest BCUT2D eigenvalue weighted by atomic mass is 9.82. The Labute approximate surface area is 171 Å². The second-order valence-electron chi connectivity index (χ2n) is 8.50. The van der Waals surface area contributed by atoms with Crippen molar-refractivity contribution < 1.29 is 19.8 Å². The van der Waals surface area contributed by atoms with Crippen LogP contribution in [0.3, 0.4) is 0 Å². The molecule has 0 spiro atoms. The lowest BCUT2D eigenvalue weighted by molar-refractivity contribution is -0.141. The lowest BCUT2D eigenvalue weighted by Crippen LogP contribution is -2.22. The second-order valence-corrected chi connectivity index (χ2v) is 8.50. The van der Waals surface area contributed by atoms with Gasteiger partial charge in [-0.25, -0.2) is 4.79 Å². The van der Waals surface area contributed by atoms with E-state index in [1.54, 1.807) is 0 Å². The zero-order valence-electron chi connectivity index (χ0n) is 16.7. The van der Waals surface area contributed by atoms with Gasteiger partial charge in [-0.1, -0.05) is 30.3 Å². The van der Waals surface area contributed by atoms with Crippen LogP contribution in [0, 0.1) is 5.92 Å². The van der Waals surface area contributed by atoms with Crippen molar-refractivity contribution in [3.8, 4) is 0 Å². The van der Waals surface area contributed by atoms with Gasteiger partial charge in [-0.3, -0.25) is 4.79 Å². The first-order valence-electron chi connectivity index (χ1n) is 10.7. The molecular weight excluding hydrogens is 364 g/mol. The third-order valence-electron chi connectivity index (χ3n) is 6.54. The van der Waals surface area contributed by atoms with E-state index in [4.69, 9.17) is 0 Å². The van der Waals surface area contributed by atoms with Gasteiger partial charge in [0.2, 0.25) is 0 Å². The van der Waals surface area contributed by atoms with Crippen LogP contribution in [-0.2, 0) is 43.3 Å². The van der Waals surface area contributed by atoms with Crippen molar-refractivity contribution in [1.82, 2.24) is 0 Å². The fourth-order valence-electron chi connectivity index (χ4n) is 5.02. The van der Waals surface area contributed by atoms with Crippen LogP contribution in [0.4, 0.5) is 0 Å². The van der Waals surface area contributed by atoms with E-state index in [1.165, 1.54) is 24.0 Å². The summed E-state index contributed by atoms with van der Waals surface area (Å²) in [5, 5.41) is 19.7. The summed E-state index contributed by atoms with van der Waals surface area (Å²) in [7, 11) is 0. The second kappa shape index (κ2) is 8.40. The Morgan fingerprint density at radius 3 is 2.17 bits per heavy atom. The Morgan fingerprint density at radius 1 is 0.793 bits per heavy atom. The molecule has 0 aromatic heterocycles. The summed E-state index contributed by atoms with van der Waals surface area (Å²) in [5.74, 6) is -2.43. The van der Waals surface area contributed by atoms with Crippen molar-refractivity contribution in [2.24, 2.45) is 5.92 Å². The molecule has 0 heterocycles. The molecule has 4 heteroatoms. The van der Waals surface area contributed by atoms with Gasteiger partial charge in [0.25, 0.3) is 0 Å². The lowest BCUT2D eigenvalue weighted by Gasteiger charge is -2.22. The quantitative estimate of drug-likeness (QED) is 0.752. The van der Waals surface area contributed by atoms with E-state index in [9.17, 15) is 19.8 Å². The van der Waals surface area contributed by atoms with Gasteiger partial charge >= 0.3 is 11.9 Å². The number of aromatic carboxylic acids is 1. The number of benzene rings is 2. The molecule has 4 rings (SSSR count). The minimum absolute atomic E-state index is 0.251. The summed E-state index contributed by atoms with van der Waals surface area (Å²) in [5.41, 5.74) is 6.79. The molecule has 29 heavy (non-hydrogen) atoms. The summed E-state index contributed by atoms with van der Waals surface area (Å²) in [4.78, 5) is 24.0. The molecule has 2 N–H and O–H groups in total. The molecule has 0 bridgehead atoms. The highest BCUT2D eigenvalue weighted by Crippen LogP contribution is 2.30. The van der Waals surface area contributed by atoms with Gasteiger partial charge in [-0.05, 0) is 97.6 Å². The Bertz CT molecular complexity index is 944. The number of aryl methyl sites for hydroxylation is 3. The topological polar surface area (TPSA) is 74.6 Å². The summed E-state index contributed by atoms with van der Waals surface area (Å²) >= 11 is 0. The van der Waals surface area contributed by atoms with Gasteiger partial charge < -0.3 is 10.2 Å². The maximum atomic E-state index is 12.0. The van der Waals surface area contributed by atoms with E-state index < -0.39 is 17.9 Å². The number of carboxylic acid groups (broad SMARTS) is 2. The molecule has 4 nitrogen and oxygen atoms in total. The average molecular weight is 392 g/mol. The molecule has 0 radical (unpaired) electrons. The molecule has 2 aromatic carbocycles. The largest absolute Gasteiger partial charge is 0.481 e. The molecule has 2 aliphatic rings. The molecule has 152 valence electrons. The van der Waals surface area contributed by atoms with Gasteiger partial charge in [0.1, 0.15) is 0 Å². The van der Waals surface area contributed by atoms with Crippen LogP contribution in [0.25, 0.3) is 0 Å². The van der Waals surface area contributed by atoms with Gasteiger partial charge in [-0.2, -0.15) is 0 Å². The first kappa shape index (κ1) is 19.7. The Hall–Kier alpha value is -2.62. The molecule has 1 atom stereocenters. The number of hydrogen-bond acceptors (Lipinski definition) is 2. The van der Waals surface area contributed by atoms with E-state index in [2.05, 4.69) is 12.1 Å². The Morgan fingerprint density at radius 2 is 1.45 bits per heavy atom. The van der Waals surface area contributed by atoms with Crippen molar-refractivity contribution in [3.05, 3.63) is 69.3 Å². The number of rotatable bonds is 6.